The van der Waals surface area contributed by atoms with E-state index in [-0.39, 0.29) is 6.04 Å². The van der Waals surface area contributed by atoms with Gasteiger partial charge >= 0.3 is 12.1 Å². The van der Waals surface area contributed by atoms with Crippen LogP contribution in [0, 0.1) is 11.3 Å². The van der Waals surface area contributed by atoms with Crippen molar-refractivity contribution in [3.05, 3.63) is 47.8 Å². The van der Waals surface area contributed by atoms with Gasteiger partial charge in [0.1, 0.15) is 11.8 Å². The van der Waals surface area contributed by atoms with Gasteiger partial charge in [0, 0.05) is 31.4 Å². The number of piperidine rings is 1. The quantitative estimate of drug-likeness (QED) is 0.588. The number of carbonyl (C=O) groups is 1. The number of anilines is 1. The van der Waals surface area contributed by atoms with Crippen molar-refractivity contribution < 1.29 is 27.8 Å². The second-order valence-electron chi connectivity index (χ2n) is 7.65. The monoisotopic (exact) mass is 476 g/mol. The number of aromatic nitrogens is 3. The summed E-state index contributed by atoms with van der Waals surface area (Å²) in [6, 6.07) is 11.9. The molecule has 34 heavy (non-hydrogen) atoms. The van der Waals surface area contributed by atoms with Gasteiger partial charge in [-0.3, -0.25) is 4.98 Å². The summed E-state index contributed by atoms with van der Waals surface area (Å²) >= 11 is 0. The Balaban J connectivity index is 0.000000406. The van der Waals surface area contributed by atoms with E-state index in [0.29, 0.717) is 12.1 Å². The van der Waals surface area contributed by atoms with Gasteiger partial charge in [0.2, 0.25) is 5.95 Å². The van der Waals surface area contributed by atoms with Crippen LogP contribution in [0.2, 0.25) is 0 Å². The number of nitrogens with two attached hydrogens (primary N) is 1. The minimum absolute atomic E-state index is 0.162. The lowest BCUT2D eigenvalue weighted by molar-refractivity contribution is -0.192. The van der Waals surface area contributed by atoms with E-state index in [2.05, 4.69) is 20.5 Å². The van der Waals surface area contributed by atoms with Crippen LogP contribution in [0.15, 0.2) is 36.5 Å². The van der Waals surface area contributed by atoms with Gasteiger partial charge in [-0.15, -0.1) is 0 Å². The lowest BCUT2D eigenvalue weighted by atomic mass is 10.1. The molecule has 9 nitrogen and oxygen atoms in total. The Morgan fingerprint density at radius 1 is 1.35 bits per heavy atom. The molecule has 4 rings (SSSR count). The summed E-state index contributed by atoms with van der Waals surface area (Å²) in [7, 11) is 1.66. The number of aliphatic carboxylic acids is 1. The largest absolute Gasteiger partial charge is 0.497 e. The summed E-state index contributed by atoms with van der Waals surface area (Å²) in [5.41, 5.74) is 9.54. The lowest BCUT2D eigenvalue weighted by Gasteiger charge is -2.32. The van der Waals surface area contributed by atoms with Crippen LogP contribution in [0.4, 0.5) is 19.1 Å². The third-order valence-electron chi connectivity index (χ3n) is 5.19. The van der Waals surface area contributed by atoms with Crippen molar-refractivity contribution >= 4 is 23.0 Å². The predicted octanol–water partition coefficient (Wildman–Crippen LogP) is 2.92. The number of carboxylic acid groups (broad SMARTS) is 1. The average Bonchev–Trinajstić information content (AvgIpc) is 3.16. The first-order valence-corrected chi connectivity index (χ1v) is 10.3. The van der Waals surface area contributed by atoms with E-state index in [9.17, 15) is 13.2 Å². The maximum absolute atomic E-state index is 10.6. The number of hydrogen-bond acceptors (Lipinski definition) is 7. The Kier molecular flexibility index (Phi) is 7.57. The van der Waals surface area contributed by atoms with Crippen molar-refractivity contribution in [2.24, 2.45) is 5.73 Å². The molecular formula is C22H23F3N6O3. The molecule has 0 aliphatic carbocycles. The molecule has 1 saturated heterocycles. The van der Waals surface area contributed by atoms with Crippen LogP contribution in [0.5, 0.6) is 5.75 Å². The number of alkyl halides is 3. The highest BCUT2D eigenvalue weighted by Crippen LogP contribution is 2.28. The molecule has 0 spiro atoms. The number of fused-ring (bicyclic) bond motifs is 1. The Bertz CT molecular complexity index is 1190. The first-order valence-electron chi connectivity index (χ1n) is 10.3. The number of hydrogen-bond donors (Lipinski definition) is 2. The Morgan fingerprint density at radius 3 is 2.65 bits per heavy atom. The molecular weight excluding hydrogens is 453 g/mol. The van der Waals surface area contributed by atoms with Crippen LogP contribution < -0.4 is 15.4 Å². The van der Waals surface area contributed by atoms with Gasteiger partial charge < -0.3 is 25.0 Å². The fourth-order valence-electron chi connectivity index (χ4n) is 3.56. The normalized spacial score (nSPS) is 15.9. The summed E-state index contributed by atoms with van der Waals surface area (Å²) in [4.78, 5) is 20.5. The van der Waals surface area contributed by atoms with Gasteiger partial charge in [0.25, 0.3) is 0 Å². The maximum atomic E-state index is 10.6. The van der Waals surface area contributed by atoms with Gasteiger partial charge in [0.15, 0.2) is 0 Å². The highest BCUT2D eigenvalue weighted by Gasteiger charge is 2.38. The zero-order chi connectivity index (χ0) is 24.9. The highest BCUT2D eigenvalue weighted by molar-refractivity contribution is 5.80. The number of halogens is 3. The van der Waals surface area contributed by atoms with Gasteiger partial charge in [-0.25, -0.2) is 9.78 Å². The number of methoxy groups -OCH3 is 1. The van der Waals surface area contributed by atoms with Crippen LogP contribution >= 0.6 is 0 Å². The number of benzene rings is 1. The molecule has 1 fully saturated rings. The first-order chi connectivity index (χ1) is 16.1. The maximum Gasteiger partial charge on any atom is 0.490 e. The second kappa shape index (κ2) is 10.4. The Hall–Kier alpha value is -3.85. The topological polar surface area (TPSA) is 130 Å². The molecule has 3 aromatic rings. The smallest absolute Gasteiger partial charge is 0.490 e. The number of carboxylic acids is 1. The van der Waals surface area contributed by atoms with E-state index in [1.807, 2.05) is 24.3 Å². The fraction of sp³-hybridized carbons (Fsp3) is 0.364. The molecule has 3 N–H and O–H groups in total. The number of pyridine rings is 1. The number of imidazole rings is 1. The predicted molar refractivity (Wildman–Crippen MR) is 117 cm³/mol. The lowest BCUT2D eigenvalue weighted by Crippen LogP contribution is -2.44. The van der Waals surface area contributed by atoms with Crippen molar-refractivity contribution in [3.63, 3.8) is 0 Å². The third-order valence-corrected chi connectivity index (χ3v) is 5.19. The van der Waals surface area contributed by atoms with Crippen molar-refractivity contribution in [1.82, 2.24) is 14.5 Å². The van der Waals surface area contributed by atoms with Crippen LogP contribution in [0.3, 0.4) is 0 Å². The van der Waals surface area contributed by atoms with Crippen molar-refractivity contribution in [2.45, 2.75) is 31.6 Å². The summed E-state index contributed by atoms with van der Waals surface area (Å²) in [6.07, 6.45) is -1.38. The van der Waals surface area contributed by atoms with Crippen LogP contribution in [0.1, 0.15) is 24.1 Å². The molecule has 2 aromatic heterocycles. The molecule has 0 bridgehead atoms. The third kappa shape index (κ3) is 5.93. The second-order valence-corrected chi connectivity index (χ2v) is 7.65. The van der Waals surface area contributed by atoms with Crippen LogP contribution in [-0.4, -0.2) is 58.0 Å². The number of ether oxygens (including phenoxy) is 1. The molecule has 3 heterocycles. The minimum Gasteiger partial charge on any atom is -0.497 e. The Labute approximate surface area is 193 Å². The van der Waals surface area contributed by atoms with E-state index in [4.69, 9.17) is 30.6 Å². The van der Waals surface area contributed by atoms with E-state index in [0.717, 1.165) is 54.4 Å². The van der Waals surface area contributed by atoms with Crippen molar-refractivity contribution in [2.75, 3.05) is 25.1 Å². The molecule has 1 unspecified atom stereocenters. The van der Waals surface area contributed by atoms with Crippen molar-refractivity contribution in [3.8, 4) is 11.8 Å². The molecule has 1 atom stereocenters. The number of rotatable bonds is 4. The molecule has 1 aliphatic heterocycles. The zero-order valence-corrected chi connectivity index (χ0v) is 18.3. The van der Waals surface area contributed by atoms with E-state index < -0.39 is 12.1 Å². The van der Waals surface area contributed by atoms with E-state index >= 15 is 0 Å². The Morgan fingerprint density at radius 2 is 2.09 bits per heavy atom. The van der Waals surface area contributed by atoms with E-state index in [1.54, 1.807) is 19.4 Å². The molecule has 1 aliphatic rings. The first kappa shape index (κ1) is 24.8. The van der Waals surface area contributed by atoms with Gasteiger partial charge in [-0.05, 0) is 37.1 Å². The standard InChI is InChI=1S/C20H22N6O.C2HF3O2/c1-27-17-6-7-19-18(9-17)24-20(25-8-2-3-15(22)12-25)26(19)13-16-5-4-14(10-21)11-23-16;3-2(4,5)1(6)7/h4-7,9,11,15H,2-3,8,12-13,22H2,1H3;(H,6,7). The van der Waals surface area contributed by atoms with Gasteiger partial charge in [0.05, 0.1) is 35.9 Å². The van der Waals surface area contributed by atoms with Crippen LogP contribution in [0.25, 0.3) is 11.0 Å². The highest BCUT2D eigenvalue weighted by atomic mass is 19.4. The summed E-state index contributed by atoms with van der Waals surface area (Å²) in [6.45, 7) is 2.31. The minimum atomic E-state index is -5.08. The van der Waals surface area contributed by atoms with Crippen molar-refractivity contribution in [1.29, 1.82) is 5.26 Å². The average molecular weight is 476 g/mol. The SMILES string of the molecule is COc1ccc2c(c1)nc(N1CCCC(N)C1)n2Cc1ccc(C#N)cn1.O=C(O)C(F)(F)F. The zero-order valence-electron chi connectivity index (χ0n) is 18.3. The molecule has 180 valence electrons. The molecule has 12 heteroatoms. The molecule has 1 aromatic carbocycles. The van der Waals surface area contributed by atoms with Crippen LogP contribution in [-0.2, 0) is 11.3 Å². The number of nitriles is 1. The summed E-state index contributed by atoms with van der Waals surface area (Å²) in [5, 5.41) is 16.1. The molecule has 0 amide bonds. The van der Waals surface area contributed by atoms with Gasteiger partial charge in [-0.2, -0.15) is 18.4 Å². The fourth-order valence-corrected chi connectivity index (χ4v) is 3.56. The molecule has 0 saturated carbocycles. The summed E-state index contributed by atoms with van der Waals surface area (Å²) in [5.74, 6) is -1.07. The molecule has 0 radical (unpaired) electrons. The van der Waals surface area contributed by atoms with Gasteiger partial charge in [-0.1, -0.05) is 0 Å². The summed E-state index contributed by atoms with van der Waals surface area (Å²) < 4.78 is 39.3. The number of nitrogens with zero attached hydrogens (tertiary/aromatic N) is 5. The van der Waals surface area contributed by atoms with E-state index in [1.165, 1.54) is 0 Å².